The number of carboxylic acids is 1. The average Bonchev–Trinajstić information content (AvgIpc) is 3.30. The van der Waals surface area contributed by atoms with E-state index in [4.69, 9.17) is 17.2 Å². The first-order valence-electron chi connectivity index (χ1n) is 12.5. The Hall–Kier alpha value is -3.78. The summed E-state index contributed by atoms with van der Waals surface area (Å²) in [7, 11) is 0. The quantitative estimate of drug-likeness (QED) is 0.0577. The van der Waals surface area contributed by atoms with E-state index < -0.39 is 47.9 Å². The van der Waals surface area contributed by atoms with Gasteiger partial charge in [-0.3, -0.25) is 19.4 Å². The number of nitrogens with zero attached hydrogens (tertiary/aromatic N) is 1. The number of fused-ring (bicyclic) bond motifs is 1. The first-order valence-corrected chi connectivity index (χ1v) is 13.2. The molecule has 2 aromatic rings. The van der Waals surface area contributed by atoms with Crippen LogP contribution in [0.25, 0.3) is 10.9 Å². The molecule has 0 fully saturated rings. The van der Waals surface area contributed by atoms with E-state index in [1.165, 1.54) is 0 Å². The van der Waals surface area contributed by atoms with Gasteiger partial charge in [-0.15, -0.1) is 0 Å². The third kappa shape index (κ3) is 9.48. The van der Waals surface area contributed by atoms with Gasteiger partial charge in [-0.25, -0.2) is 4.79 Å². The molecule has 4 atom stereocenters. The molecule has 11 N–H and O–H groups in total. The van der Waals surface area contributed by atoms with Crippen LogP contribution in [0.15, 0.2) is 35.5 Å². The summed E-state index contributed by atoms with van der Waals surface area (Å²) in [6, 6.07) is 3.14. The minimum absolute atomic E-state index is 0.0493. The minimum Gasteiger partial charge on any atom is -0.480 e. The largest absolute Gasteiger partial charge is 0.480 e. The molecule has 4 unspecified atom stereocenters. The van der Waals surface area contributed by atoms with Gasteiger partial charge in [-0.05, 0) is 30.4 Å². The van der Waals surface area contributed by atoms with E-state index >= 15 is 0 Å². The Kier molecular flexibility index (Phi) is 12.1. The predicted octanol–water partition coefficient (Wildman–Crippen LogP) is -0.784. The molecule has 0 spiro atoms. The number of carbonyl (C=O) groups excluding carboxylic acids is 3. The Balaban J connectivity index is 2.24. The van der Waals surface area contributed by atoms with Crippen LogP contribution in [0.4, 0.5) is 0 Å². The van der Waals surface area contributed by atoms with Gasteiger partial charge in [0.25, 0.3) is 0 Å². The predicted molar refractivity (Wildman–Crippen MR) is 152 cm³/mol. The monoisotopic (exact) mass is 562 g/mol. The van der Waals surface area contributed by atoms with Crippen molar-refractivity contribution < 1.29 is 24.3 Å². The van der Waals surface area contributed by atoms with Crippen molar-refractivity contribution in [2.45, 2.75) is 57.3 Å². The lowest BCUT2D eigenvalue weighted by Crippen LogP contribution is -2.58. The summed E-state index contributed by atoms with van der Waals surface area (Å²) in [6.45, 7) is 3.74. The Labute approximate surface area is 232 Å². The molecule has 13 nitrogen and oxygen atoms in total. The van der Waals surface area contributed by atoms with Gasteiger partial charge in [-0.2, -0.15) is 12.6 Å². The number of hydrogen-bond donors (Lipinski definition) is 9. The third-order valence-corrected chi connectivity index (χ3v) is 6.49. The second-order valence-electron chi connectivity index (χ2n) is 9.49. The molecule has 0 aliphatic carbocycles. The topological polar surface area (TPSA) is 231 Å². The van der Waals surface area contributed by atoms with Gasteiger partial charge in [0.1, 0.15) is 18.1 Å². The van der Waals surface area contributed by atoms with Crippen LogP contribution in [0.2, 0.25) is 0 Å². The molecule has 0 bridgehead atoms. The summed E-state index contributed by atoms with van der Waals surface area (Å²) < 4.78 is 0. The first kappa shape index (κ1) is 31.4. The number of carboxylic acid groups (broad SMARTS) is 1. The van der Waals surface area contributed by atoms with Gasteiger partial charge in [0.2, 0.25) is 17.7 Å². The molecule has 2 rings (SSSR count). The van der Waals surface area contributed by atoms with Crippen LogP contribution in [0.5, 0.6) is 0 Å². The summed E-state index contributed by atoms with van der Waals surface area (Å²) in [5.41, 5.74) is 18.1. The lowest BCUT2D eigenvalue weighted by Gasteiger charge is -2.25. The van der Waals surface area contributed by atoms with Gasteiger partial charge in [0, 0.05) is 35.8 Å². The average molecular weight is 563 g/mol. The standard InChI is InChI=1S/C25H38N8O5S/c1-13(2)20(26)23(36)33-19(12-39)22(35)32-18(10-14-11-30-16-7-4-3-6-15(14)16)21(34)31-17(24(37)38)8-5-9-29-25(27)28/h3-4,6-7,11,13,17-20,30,39H,5,8-10,12,26H2,1-2H3,(H,31,34)(H,32,35)(H,33,36)(H,37,38)(H4,27,28,29). The van der Waals surface area contributed by atoms with Gasteiger partial charge in [0.15, 0.2) is 5.96 Å². The van der Waals surface area contributed by atoms with Crippen molar-refractivity contribution in [3.8, 4) is 0 Å². The number of aliphatic carboxylic acids is 1. The second-order valence-corrected chi connectivity index (χ2v) is 9.85. The highest BCUT2D eigenvalue weighted by Gasteiger charge is 2.31. The molecule has 0 saturated heterocycles. The van der Waals surface area contributed by atoms with Crippen LogP contribution in [-0.4, -0.2) is 76.2 Å². The molecule has 3 amide bonds. The number of H-pyrrole nitrogens is 1. The van der Waals surface area contributed by atoms with Gasteiger partial charge >= 0.3 is 5.97 Å². The lowest BCUT2D eigenvalue weighted by atomic mass is 10.0. The van der Waals surface area contributed by atoms with E-state index in [1.807, 2.05) is 24.3 Å². The molecule has 0 aliphatic rings. The number of benzene rings is 1. The maximum absolute atomic E-state index is 13.3. The molecule has 0 radical (unpaired) electrons. The SMILES string of the molecule is CC(C)C(N)C(=O)NC(CS)C(=O)NC(Cc1c[nH]c2ccccc12)C(=O)NC(CCCN=C(N)N)C(=O)O. The van der Waals surface area contributed by atoms with Crippen LogP contribution in [0, 0.1) is 5.92 Å². The van der Waals surface area contributed by atoms with Crippen molar-refractivity contribution in [3.05, 3.63) is 36.0 Å². The third-order valence-electron chi connectivity index (χ3n) is 6.13. The maximum Gasteiger partial charge on any atom is 0.326 e. The van der Waals surface area contributed by atoms with E-state index in [0.717, 1.165) is 16.5 Å². The molecule has 1 aromatic heterocycles. The fraction of sp³-hybridized carbons (Fsp3) is 0.480. The van der Waals surface area contributed by atoms with Crippen LogP contribution in [-0.2, 0) is 25.6 Å². The van der Waals surface area contributed by atoms with Gasteiger partial charge in [0.05, 0.1) is 6.04 Å². The minimum atomic E-state index is -1.24. The molecular formula is C25H38N8O5S. The second kappa shape index (κ2) is 15.0. The number of aromatic nitrogens is 1. The summed E-state index contributed by atoms with van der Waals surface area (Å²) in [4.78, 5) is 57.7. The zero-order valence-corrected chi connectivity index (χ0v) is 22.9. The summed E-state index contributed by atoms with van der Waals surface area (Å²) in [5.74, 6) is -3.45. The van der Waals surface area contributed by atoms with Gasteiger partial charge < -0.3 is 43.2 Å². The number of rotatable bonds is 15. The molecule has 1 aromatic carbocycles. The number of hydrogen-bond acceptors (Lipinski definition) is 7. The Bertz CT molecular complexity index is 1180. The summed E-state index contributed by atoms with van der Waals surface area (Å²) in [6.07, 6.45) is 2.15. The lowest BCUT2D eigenvalue weighted by molar-refractivity contribution is -0.142. The normalized spacial score (nSPS) is 14.2. The van der Waals surface area contributed by atoms with E-state index in [0.29, 0.717) is 6.42 Å². The van der Waals surface area contributed by atoms with Crippen molar-refractivity contribution in [1.82, 2.24) is 20.9 Å². The van der Waals surface area contributed by atoms with Crippen molar-refractivity contribution in [1.29, 1.82) is 0 Å². The fourth-order valence-corrected chi connectivity index (χ4v) is 4.06. The molecule has 0 aliphatic heterocycles. The van der Waals surface area contributed by atoms with Gasteiger partial charge in [-0.1, -0.05) is 32.0 Å². The first-order chi connectivity index (χ1) is 18.4. The van der Waals surface area contributed by atoms with Crippen molar-refractivity contribution >= 4 is 53.2 Å². The number of aromatic amines is 1. The maximum atomic E-state index is 13.3. The number of guanidine groups is 1. The van der Waals surface area contributed by atoms with E-state index in [1.54, 1.807) is 20.0 Å². The smallest absolute Gasteiger partial charge is 0.326 e. The zero-order chi connectivity index (χ0) is 29.1. The van der Waals surface area contributed by atoms with Crippen molar-refractivity contribution in [2.24, 2.45) is 28.1 Å². The van der Waals surface area contributed by atoms with Crippen molar-refractivity contribution in [3.63, 3.8) is 0 Å². The highest BCUT2D eigenvalue weighted by molar-refractivity contribution is 7.80. The highest BCUT2D eigenvalue weighted by Crippen LogP contribution is 2.19. The Morgan fingerprint density at radius 3 is 2.23 bits per heavy atom. The van der Waals surface area contributed by atoms with Crippen LogP contribution in [0.3, 0.4) is 0 Å². The molecule has 1 heterocycles. The number of nitrogens with one attached hydrogen (secondary N) is 4. The molecule has 39 heavy (non-hydrogen) atoms. The summed E-state index contributed by atoms with van der Waals surface area (Å²) >= 11 is 4.18. The zero-order valence-electron chi connectivity index (χ0n) is 22.0. The number of amides is 3. The molecular weight excluding hydrogens is 524 g/mol. The fourth-order valence-electron chi connectivity index (χ4n) is 3.80. The van der Waals surface area contributed by atoms with E-state index in [2.05, 4.69) is 38.6 Å². The Morgan fingerprint density at radius 1 is 1.00 bits per heavy atom. The van der Waals surface area contributed by atoms with Crippen LogP contribution < -0.4 is 33.2 Å². The Morgan fingerprint density at radius 2 is 1.62 bits per heavy atom. The van der Waals surface area contributed by atoms with E-state index in [-0.39, 0.29) is 37.0 Å². The number of nitrogens with two attached hydrogens (primary N) is 3. The molecule has 0 saturated carbocycles. The number of aliphatic imine (C=N–C) groups is 1. The van der Waals surface area contributed by atoms with E-state index in [9.17, 15) is 24.3 Å². The van der Waals surface area contributed by atoms with Crippen molar-refractivity contribution in [2.75, 3.05) is 12.3 Å². The summed E-state index contributed by atoms with van der Waals surface area (Å²) in [5, 5.41) is 18.2. The van der Waals surface area contributed by atoms with Crippen LogP contribution >= 0.6 is 12.6 Å². The molecule has 14 heteroatoms. The molecule has 214 valence electrons. The highest BCUT2D eigenvalue weighted by atomic mass is 32.1. The number of para-hydroxylation sites is 1. The van der Waals surface area contributed by atoms with Crippen LogP contribution in [0.1, 0.15) is 32.3 Å². The number of thiol groups is 1. The number of carbonyl (C=O) groups is 4.